The number of benzene rings is 1. The topological polar surface area (TPSA) is 21.3 Å². The summed E-state index contributed by atoms with van der Waals surface area (Å²) >= 11 is 0. The van der Waals surface area contributed by atoms with E-state index in [2.05, 4.69) is 19.3 Å². The van der Waals surface area contributed by atoms with E-state index in [4.69, 9.17) is 4.84 Å². The van der Waals surface area contributed by atoms with Crippen molar-refractivity contribution in [3.63, 3.8) is 0 Å². The standard InChI is InChI=1S/C12H17NO/c1-11(2)8-9-13-14-10-12-6-4-3-5-7-12/h3-9,11,13H,10H2,1-2H3/b9-8+. The van der Waals surface area contributed by atoms with Gasteiger partial charge in [-0.3, -0.25) is 10.3 Å². The highest BCUT2D eigenvalue weighted by molar-refractivity contribution is 5.13. The lowest BCUT2D eigenvalue weighted by atomic mass is 10.2. The summed E-state index contributed by atoms with van der Waals surface area (Å²) in [5.74, 6) is 0.544. The van der Waals surface area contributed by atoms with E-state index in [1.807, 2.05) is 42.6 Å². The summed E-state index contributed by atoms with van der Waals surface area (Å²) in [4.78, 5) is 5.23. The van der Waals surface area contributed by atoms with Crippen molar-refractivity contribution in [3.8, 4) is 0 Å². The predicted octanol–water partition coefficient (Wildman–Crippen LogP) is 2.88. The van der Waals surface area contributed by atoms with Crippen LogP contribution in [0.2, 0.25) is 0 Å². The molecule has 0 unspecified atom stereocenters. The number of hydrogen-bond donors (Lipinski definition) is 1. The van der Waals surface area contributed by atoms with Gasteiger partial charge in [0.15, 0.2) is 0 Å². The molecule has 0 aliphatic heterocycles. The van der Waals surface area contributed by atoms with Crippen LogP contribution in [0.25, 0.3) is 0 Å². The molecule has 2 nitrogen and oxygen atoms in total. The molecule has 0 aliphatic rings. The Morgan fingerprint density at radius 1 is 1.29 bits per heavy atom. The Labute approximate surface area is 85.5 Å². The van der Waals surface area contributed by atoms with E-state index in [9.17, 15) is 0 Å². The average molecular weight is 191 g/mol. The zero-order valence-electron chi connectivity index (χ0n) is 8.73. The molecule has 0 aromatic heterocycles. The van der Waals surface area contributed by atoms with E-state index >= 15 is 0 Å². The van der Waals surface area contributed by atoms with Gasteiger partial charge in [-0.15, -0.1) is 0 Å². The van der Waals surface area contributed by atoms with E-state index in [0.717, 1.165) is 5.56 Å². The van der Waals surface area contributed by atoms with Crippen molar-refractivity contribution in [1.82, 2.24) is 5.48 Å². The van der Waals surface area contributed by atoms with Gasteiger partial charge in [0.25, 0.3) is 0 Å². The van der Waals surface area contributed by atoms with E-state index in [0.29, 0.717) is 12.5 Å². The third-order valence-corrected chi connectivity index (χ3v) is 1.71. The van der Waals surface area contributed by atoms with E-state index < -0.39 is 0 Å². The number of allylic oxidation sites excluding steroid dienone is 1. The summed E-state index contributed by atoms with van der Waals surface area (Å²) in [6.07, 6.45) is 3.87. The van der Waals surface area contributed by atoms with Gasteiger partial charge >= 0.3 is 0 Å². The van der Waals surface area contributed by atoms with Gasteiger partial charge in [0, 0.05) is 6.20 Å². The van der Waals surface area contributed by atoms with Crippen molar-refractivity contribution in [2.45, 2.75) is 20.5 Å². The highest BCUT2D eigenvalue weighted by Gasteiger charge is 1.88. The van der Waals surface area contributed by atoms with Crippen molar-refractivity contribution < 1.29 is 4.84 Å². The second-order valence-electron chi connectivity index (χ2n) is 3.50. The third kappa shape index (κ3) is 4.67. The highest BCUT2D eigenvalue weighted by atomic mass is 16.6. The van der Waals surface area contributed by atoms with Gasteiger partial charge in [-0.25, -0.2) is 0 Å². The largest absolute Gasteiger partial charge is 0.274 e. The Hall–Kier alpha value is -1.28. The molecule has 0 atom stereocenters. The van der Waals surface area contributed by atoms with Crippen LogP contribution in [0.5, 0.6) is 0 Å². The van der Waals surface area contributed by atoms with Crippen LogP contribution in [0.15, 0.2) is 42.6 Å². The van der Waals surface area contributed by atoms with Gasteiger partial charge in [-0.2, -0.15) is 0 Å². The molecule has 0 radical (unpaired) electrons. The van der Waals surface area contributed by atoms with Crippen molar-refractivity contribution in [2.24, 2.45) is 5.92 Å². The molecule has 76 valence electrons. The van der Waals surface area contributed by atoms with Crippen molar-refractivity contribution in [2.75, 3.05) is 0 Å². The van der Waals surface area contributed by atoms with Gasteiger partial charge in [0.1, 0.15) is 0 Å². The van der Waals surface area contributed by atoms with Gasteiger partial charge in [0.05, 0.1) is 6.61 Å². The summed E-state index contributed by atoms with van der Waals surface area (Å²) in [5, 5.41) is 0. The Morgan fingerprint density at radius 3 is 2.64 bits per heavy atom. The monoisotopic (exact) mass is 191 g/mol. The molecule has 0 aliphatic carbocycles. The van der Waals surface area contributed by atoms with Crippen LogP contribution in [0.4, 0.5) is 0 Å². The zero-order chi connectivity index (χ0) is 10.2. The number of rotatable bonds is 5. The minimum atomic E-state index is 0.544. The number of hydrogen-bond acceptors (Lipinski definition) is 2. The molecule has 14 heavy (non-hydrogen) atoms. The molecule has 2 heteroatoms. The number of hydroxylamine groups is 1. The van der Waals surface area contributed by atoms with Crippen LogP contribution < -0.4 is 5.48 Å². The smallest absolute Gasteiger partial charge is 0.0996 e. The fourth-order valence-electron chi connectivity index (χ4n) is 0.979. The molecule has 1 aromatic carbocycles. The summed E-state index contributed by atoms with van der Waals surface area (Å²) in [6, 6.07) is 10.1. The van der Waals surface area contributed by atoms with Gasteiger partial charge in [-0.1, -0.05) is 50.3 Å². The first-order valence-electron chi connectivity index (χ1n) is 4.87. The lowest BCUT2D eigenvalue weighted by Gasteiger charge is -2.02. The Morgan fingerprint density at radius 2 is 2.00 bits per heavy atom. The van der Waals surface area contributed by atoms with E-state index in [1.54, 1.807) is 0 Å². The fourth-order valence-corrected chi connectivity index (χ4v) is 0.979. The molecule has 0 fully saturated rings. The SMILES string of the molecule is CC(C)/C=C/NOCc1ccccc1. The summed E-state index contributed by atoms with van der Waals surface area (Å²) < 4.78 is 0. The van der Waals surface area contributed by atoms with E-state index in [-0.39, 0.29) is 0 Å². The van der Waals surface area contributed by atoms with Crippen LogP contribution >= 0.6 is 0 Å². The summed E-state index contributed by atoms with van der Waals surface area (Å²) in [5.41, 5.74) is 3.95. The van der Waals surface area contributed by atoms with Crippen LogP contribution in [-0.4, -0.2) is 0 Å². The van der Waals surface area contributed by atoms with Gasteiger partial charge in [-0.05, 0) is 11.5 Å². The van der Waals surface area contributed by atoms with Gasteiger partial charge < -0.3 is 0 Å². The first-order valence-corrected chi connectivity index (χ1v) is 4.87. The lowest BCUT2D eigenvalue weighted by molar-refractivity contribution is 0.0572. The molecule has 0 saturated heterocycles. The average Bonchev–Trinajstić information content (AvgIpc) is 2.18. The summed E-state index contributed by atoms with van der Waals surface area (Å²) in [6.45, 7) is 4.83. The van der Waals surface area contributed by atoms with Crippen molar-refractivity contribution in [3.05, 3.63) is 48.2 Å². The molecule has 0 bridgehead atoms. The van der Waals surface area contributed by atoms with Crippen LogP contribution in [-0.2, 0) is 11.4 Å². The third-order valence-electron chi connectivity index (χ3n) is 1.71. The molecule has 1 rings (SSSR count). The van der Waals surface area contributed by atoms with Gasteiger partial charge in [0.2, 0.25) is 0 Å². The number of nitrogens with one attached hydrogen (secondary N) is 1. The summed E-state index contributed by atoms with van der Waals surface area (Å²) in [7, 11) is 0. The molecule has 1 N–H and O–H groups in total. The van der Waals surface area contributed by atoms with Crippen LogP contribution in [0.3, 0.4) is 0 Å². The first-order chi connectivity index (χ1) is 6.79. The molecule has 1 aromatic rings. The lowest BCUT2D eigenvalue weighted by Crippen LogP contribution is -2.06. The molecule has 0 spiro atoms. The fraction of sp³-hybridized carbons (Fsp3) is 0.333. The minimum Gasteiger partial charge on any atom is -0.274 e. The quantitative estimate of drug-likeness (QED) is 0.570. The van der Waals surface area contributed by atoms with Crippen LogP contribution in [0.1, 0.15) is 19.4 Å². The van der Waals surface area contributed by atoms with Crippen molar-refractivity contribution >= 4 is 0 Å². The maximum Gasteiger partial charge on any atom is 0.0996 e. The second kappa shape index (κ2) is 6.22. The molecule has 0 heterocycles. The maximum atomic E-state index is 5.23. The van der Waals surface area contributed by atoms with Crippen molar-refractivity contribution in [1.29, 1.82) is 0 Å². The first kappa shape index (κ1) is 10.8. The zero-order valence-corrected chi connectivity index (χ0v) is 8.73. The Kier molecular flexibility index (Phi) is 4.79. The second-order valence-corrected chi connectivity index (χ2v) is 3.50. The molecular weight excluding hydrogens is 174 g/mol. The highest BCUT2D eigenvalue weighted by Crippen LogP contribution is 1.99. The Balaban J connectivity index is 2.16. The van der Waals surface area contributed by atoms with Crippen LogP contribution in [0, 0.1) is 5.92 Å². The molecular formula is C12H17NO. The minimum absolute atomic E-state index is 0.544. The Bertz CT molecular complexity index is 267. The van der Waals surface area contributed by atoms with E-state index in [1.165, 1.54) is 0 Å². The normalized spacial score (nSPS) is 11.1. The maximum absolute atomic E-state index is 5.23. The predicted molar refractivity (Wildman–Crippen MR) is 58.3 cm³/mol. The molecule has 0 amide bonds. The molecule has 0 saturated carbocycles.